The molecule has 0 aliphatic carbocycles. The minimum absolute atomic E-state index is 0.134. The highest BCUT2D eigenvalue weighted by molar-refractivity contribution is 7.89. The van der Waals surface area contributed by atoms with Gasteiger partial charge in [-0.2, -0.15) is 13.2 Å². The fourth-order valence-corrected chi connectivity index (χ4v) is 3.03. The molecular formula is C13H8Cl3F3N4O3S. The van der Waals surface area contributed by atoms with E-state index in [0.717, 1.165) is 18.3 Å². The second-order valence-corrected chi connectivity index (χ2v) is 7.80. The summed E-state index contributed by atoms with van der Waals surface area (Å²) in [6.07, 6.45) is -3.74. The third-order valence-electron chi connectivity index (χ3n) is 3.07. The number of hydrogen-bond donors (Lipinski definition) is 1. The second-order valence-electron chi connectivity index (χ2n) is 4.88. The van der Waals surface area contributed by atoms with Crippen molar-refractivity contribution in [2.24, 2.45) is 5.14 Å². The third kappa shape index (κ3) is 4.99. The van der Waals surface area contributed by atoms with Crippen molar-refractivity contribution in [3.05, 3.63) is 46.9 Å². The summed E-state index contributed by atoms with van der Waals surface area (Å²) in [7, 11) is -4.20. The number of sulfonamides is 1. The first-order chi connectivity index (χ1) is 12.3. The van der Waals surface area contributed by atoms with Gasteiger partial charge in [-0.25, -0.2) is 23.5 Å². The molecule has 1 amide bonds. The Balaban J connectivity index is 2.51. The predicted molar refractivity (Wildman–Crippen MR) is 92.2 cm³/mol. The topological polar surface area (TPSA) is 106 Å². The number of halogens is 6. The maximum Gasteiger partial charge on any atom is 0.433 e. The zero-order chi connectivity index (χ0) is 20.6. The van der Waals surface area contributed by atoms with Crippen LogP contribution in [0.4, 0.5) is 18.9 Å². The molecule has 0 atom stereocenters. The highest BCUT2D eigenvalue weighted by Crippen LogP contribution is 2.31. The molecule has 0 saturated carbocycles. The minimum atomic E-state index is -4.76. The number of nitrogens with two attached hydrogens (primary N) is 1. The number of primary sulfonamides is 1. The van der Waals surface area contributed by atoms with Gasteiger partial charge in [0, 0.05) is 12.3 Å². The summed E-state index contributed by atoms with van der Waals surface area (Å²) < 4.78 is 60.8. The Morgan fingerprint density at radius 3 is 2.33 bits per heavy atom. The molecule has 0 saturated heterocycles. The summed E-state index contributed by atoms with van der Waals surface area (Å²) in [6.45, 7) is 0. The highest BCUT2D eigenvalue weighted by Gasteiger charge is 2.34. The molecule has 146 valence electrons. The van der Waals surface area contributed by atoms with Gasteiger partial charge in [-0.05, 0) is 18.2 Å². The maximum absolute atomic E-state index is 12.7. The molecule has 0 aliphatic rings. The molecule has 2 rings (SSSR count). The van der Waals surface area contributed by atoms with E-state index in [9.17, 15) is 26.4 Å². The molecule has 0 radical (unpaired) electrons. The average Bonchev–Trinajstić information content (AvgIpc) is 2.53. The Kier molecular flexibility index (Phi) is 6.22. The van der Waals surface area contributed by atoms with Crippen molar-refractivity contribution in [1.82, 2.24) is 9.97 Å². The molecule has 2 N–H and O–H groups in total. The number of aromatic nitrogens is 2. The Bertz CT molecular complexity index is 986. The smallest absolute Gasteiger partial charge is 0.278 e. The first-order valence-corrected chi connectivity index (χ1v) is 9.46. The lowest BCUT2D eigenvalue weighted by Gasteiger charge is -2.24. The summed E-state index contributed by atoms with van der Waals surface area (Å²) in [4.78, 5) is 18.5. The van der Waals surface area contributed by atoms with Crippen molar-refractivity contribution in [2.75, 3.05) is 4.90 Å². The van der Waals surface area contributed by atoms with Crippen LogP contribution in [0.3, 0.4) is 0 Å². The first-order valence-electron chi connectivity index (χ1n) is 6.66. The minimum Gasteiger partial charge on any atom is -0.278 e. The van der Waals surface area contributed by atoms with E-state index in [1.54, 1.807) is 0 Å². The Labute approximate surface area is 165 Å². The Morgan fingerprint density at radius 2 is 1.85 bits per heavy atom. The van der Waals surface area contributed by atoms with Gasteiger partial charge in [-0.15, -0.1) is 0 Å². The maximum atomic E-state index is 12.7. The van der Waals surface area contributed by atoms with Crippen molar-refractivity contribution < 1.29 is 26.4 Å². The molecule has 2 aromatic rings. The van der Waals surface area contributed by atoms with Crippen LogP contribution in [-0.4, -0.2) is 29.3 Å². The summed E-state index contributed by atoms with van der Waals surface area (Å²) in [5.74, 6) is -1.03. The molecule has 0 spiro atoms. The standard InChI is InChI=1S/C13H8Cl3F3N4O3S/c14-10-7(1-2-8(22-10)13(17,18)19)11(24)23(12(15)16)6-3-4-21-9(5-6)27(20,25)26/h1-5,12H,(H2,20,25,26). The van der Waals surface area contributed by atoms with E-state index in [1.165, 1.54) is 6.07 Å². The Morgan fingerprint density at radius 1 is 1.22 bits per heavy atom. The highest BCUT2D eigenvalue weighted by atomic mass is 35.5. The van der Waals surface area contributed by atoms with Crippen molar-refractivity contribution in [3.8, 4) is 0 Å². The largest absolute Gasteiger partial charge is 0.433 e. The van der Waals surface area contributed by atoms with E-state index in [-0.39, 0.29) is 5.69 Å². The van der Waals surface area contributed by atoms with Crippen molar-refractivity contribution >= 4 is 56.4 Å². The number of nitrogens with zero attached hydrogens (tertiary/aromatic N) is 3. The molecule has 0 aliphatic heterocycles. The molecule has 27 heavy (non-hydrogen) atoms. The molecule has 2 aromatic heterocycles. The number of anilines is 1. The lowest BCUT2D eigenvalue weighted by atomic mass is 10.2. The van der Waals surface area contributed by atoms with Crippen LogP contribution < -0.4 is 10.0 Å². The van der Waals surface area contributed by atoms with Crippen LogP contribution in [0.2, 0.25) is 5.15 Å². The van der Waals surface area contributed by atoms with Crippen LogP contribution >= 0.6 is 34.8 Å². The Hall–Kier alpha value is -1.66. The van der Waals surface area contributed by atoms with E-state index in [0.29, 0.717) is 11.0 Å². The number of hydrogen-bond acceptors (Lipinski definition) is 5. The number of pyridine rings is 2. The third-order valence-corrected chi connectivity index (χ3v) is 4.56. The zero-order valence-electron chi connectivity index (χ0n) is 12.8. The number of alkyl halides is 5. The molecule has 0 aromatic carbocycles. The van der Waals surface area contributed by atoms with E-state index < -0.39 is 48.5 Å². The quantitative estimate of drug-likeness (QED) is 0.426. The average molecular weight is 464 g/mol. The molecule has 0 fully saturated rings. The molecule has 7 nitrogen and oxygen atoms in total. The van der Waals surface area contributed by atoms with E-state index in [2.05, 4.69) is 9.97 Å². The van der Waals surface area contributed by atoms with Gasteiger partial charge in [0.1, 0.15) is 10.8 Å². The van der Waals surface area contributed by atoms with Crippen LogP contribution in [0.15, 0.2) is 35.5 Å². The number of rotatable bonds is 4. The molecule has 0 bridgehead atoms. The van der Waals surface area contributed by atoms with Gasteiger partial charge in [0.05, 0.1) is 11.3 Å². The number of carbonyl (C=O) groups excluding carboxylic acids is 1. The van der Waals surface area contributed by atoms with Crippen LogP contribution in [0.5, 0.6) is 0 Å². The number of carbonyl (C=O) groups is 1. The lowest BCUT2D eigenvalue weighted by molar-refractivity contribution is -0.141. The molecule has 2 heterocycles. The molecule has 14 heteroatoms. The van der Waals surface area contributed by atoms with E-state index in [4.69, 9.17) is 39.9 Å². The SMILES string of the molecule is NS(=O)(=O)c1cc(N(C(=O)c2ccc(C(F)(F)F)nc2Cl)C(Cl)Cl)ccn1. The van der Waals surface area contributed by atoms with Gasteiger partial charge in [0.25, 0.3) is 15.9 Å². The summed E-state index contributed by atoms with van der Waals surface area (Å²) >= 11 is 17.2. The fourth-order valence-electron chi connectivity index (χ4n) is 1.90. The fraction of sp³-hybridized carbons (Fsp3) is 0.154. The van der Waals surface area contributed by atoms with Crippen LogP contribution in [0, 0.1) is 0 Å². The van der Waals surface area contributed by atoms with Crippen LogP contribution in [0.25, 0.3) is 0 Å². The molecule has 0 unspecified atom stereocenters. The van der Waals surface area contributed by atoms with Crippen molar-refractivity contribution in [3.63, 3.8) is 0 Å². The monoisotopic (exact) mass is 462 g/mol. The van der Waals surface area contributed by atoms with Gasteiger partial charge >= 0.3 is 6.18 Å². The summed E-state index contributed by atoms with van der Waals surface area (Å²) in [5.41, 5.74) is -1.88. The molecular weight excluding hydrogens is 456 g/mol. The second kappa shape index (κ2) is 7.76. The van der Waals surface area contributed by atoms with Crippen molar-refractivity contribution in [1.29, 1.82) is 0 Å². The summed E-state index contributed by atoms with van der Waals surface area (Å²) in [6, 6.07) is 3.45. The van der Waals surface area contributed by atoms with Crippen LogP contribution in [-0.2, 0) is 16.2 Å². The van der Waals surface area contributed by atoms with Gasteiger partial charge in [0.15, 0.2) is 9.99 Å². The lowest BCUT2D eigenvalue weighted by Crippen LogP contribution is -2.35. The first kappa shape index (κ1) is 21.6. The normalized spacial score (nSPS) is 12.3. The van der Waals surface area contributed by atoms with E-state index in [1.807, 2.05) is 0 Å². The number of amides is 1. The summed E-state index contributed by atoms with van der Waals surface area (Å²) in [5, 5.41) is 3.65. The van der Waals surface area contributed by atoms with Gasteiger partial charge in [-0.3, -0.25) is 9.69 Å². The van der Waals surface area contributed by atoms with Gasteiger partial charge < -0.3 is 0 Å². The van der Waals surface area contributed by atoms with Gasteiger partial charge in [0.2, 0.25) is 0 Å². The van der Waals surface area contributed by atoms with Crippen LogP contribution in [0.1, 0.15) is 16.1 Å². The van der Waals surface area contributed by atoms with Crippen molar-refractivity contribution in [2.45, 2.75) is 16.2 Å². The van der Waals surface area contributed by atoms with E-state index >= 15 is 0 Å². The predicted octanol–water partition coefficient (Wildman–Crippen LogP) is 3.20. The van der Waals surface area contributed by atoms with Gasteiger partial charge in [-0.1, -0.05) is 34.8 Å². The zero-order valence-corrected chi connectivity index (χ0v) is 15.9.